The van der Waals surface area contributed by atoms with Crippen molar-refractivity contribution >= 4 is 14.3 Å². The number of aliphatic hydroxyl groups excluding tert-OH is 1. The van der Waals surface area contributed by atoms with Crippen LogP contribution in [0, 0.1) is 0 Å². The topological polar surface area (TPSA) is 74.2 Å². The quantitative estimate of drug-likeness (QED) is 0.247. The minimum atomic E-state index is -2.14. The number of rotatable bonds is 11. The van der Waals surface area contributed by atoms with Crippen molar-refractivity contribution < 1.29 is 28.5 Å². The lowest BCUT2D eigenvalue weighted by molar-refractivity contribution is -0.180. The lowest BCUT2D eigenvalue weighted by atomic mass is 9.98. The maximum Gasteiger partial charge on any atom is 0.338 e. The van der Waals surface area contributed by atoms with Gasteiger partial charge in [-0.25, -0.2) is 4.79 Å². The highest BCUT2D eigenvalue weighted by atomic mass is 28.4. The van der Waals surface area contributed by atoms with Gasteiger partial charge in [0.2, 0.25) is 0 Å². The summed E-state index contributed by atoms with van der Waals surface area (Å²) in [6.07, 6.45) is -1.65. The van der Waals surface area contributed by atoms with Crippen LogP contribution in [0.25, 0.3) is 0 Å². The highest BCUT2D eigenvalue weighted by Crippen LogP contribution is 2.42. The van der Waals surface area contributed by atoms with Crippen LogP contribution in [0.4, 0.5) is 0 Å². The summed E-state index contributed by atoms with van der Waals surface area (Å²) in [5.74, 6) is -0.508. The number of benzene rings is 1. The fourth-order valence-electron chi connectivity index (χ4n) is 5.41. The summed E-state index contributed by atoms with van der Waals surface area (Å²) in [6, 6.07) is 9.72. The van der Waals surface area contributed by atoms with Gasteiger partial charge in [-0.1, -0.05) is 78.0 Å². The smallest absolute Gasteiger partial charge is 0.338 e. The van der Waals surface area contributed by atoms with Crippen molar-refractivity contribution in [1.82, 2.24) is 0 Å². The Morgan fingerprint density at radius 3 is 2.09 bits per heavy atom. The molecule has 0 radical (unpaired) electrons. The van der Waals surface area contributed by atoms with E-state index in [2.05, 4.69) is 41.5 Å². The van der Waals surface area contributed by atoms with Crippen LogP contribution in [0.5, 0.6) is 0 Å². The molecule has 0 fully saturated rings. The molecule has 1 aromatic rings. The second kappa shape index (κ2) is 12.4. The first-order valence-electron chi connectivity index (χ1n) is 12.4. The van der Waals surface area contributed by atoms with Gasteiger partial charge in [-0.15, -0.1) is 0 Å². The van der Waals surface area contributed by atoms with Crippen LogP contribution in [0.3, 0.4) is 0 Å². The Balaban J connectivity index is 2.26. The molecule has 192 valence electrons. The van der Waals surface area contributed by atoms with Gasteiger partial charge in [-0.2, -0.15) is 0 Å². The largest absolute Gasteiger partial charge is 0.467 e. The van der Waals surface area contributed by atoms with Crippen molar-refractivity contribution in [3.63, 3.8) is 0 Å². The van der Waals surface area contributed by atoms with Crippen molar-refractivity contribution in [3.05, 3.63) is 47.5 Å². The molecule has 7 heteroatoms. The molecule has 34 heavy (non-hydrogen) atoms. The monoisotopic (exact) mass is 492 g/mol. The Labute approximate surface area is 206 Å². The van der Waals surface area contributed by atoms with E-state index in [9.17, 15) is 9.90 Å². The van der Waals surface area contributed by atoms with Gasteiger partial charge in [-0.05, 0) is 41.6 Å². The number of hydrogen-bond acceptors (Lipinski definition) is 6. The molecule has 2 rings (SSSR count). The van der Waals surface area contributed by atoms with Crippen LogP contribution < -0.4 is 0 Å². The van der Waals surface area contributed by atoms with Crippen LogP contribution in [0.1, 0.15) is 67.1 Å². The van der Waals surface area contributed by atoms with Crippen molar-refractivity contribution in [3.8, 4) is 0 Å². The van der Waals surface area contributed by atoms with E-state index in [4.69, 9.17) is 18.6 Å². The van der Waals surface area contributed by atoms with E-state index in [0.717, 1.165) is 11.1 Å². The zero-order valence-electron chi connectivity index (χ0n) is 22.3. The molecule has 1 aliphatic rings. The van der Waals surface area contributed by atoms with E-state index in [1.54, 1.807) is 6.08 Å². The Morgan fingerprint density at radius 1 is 1.03 bits per heavy atom. The van der Waals surface area contributed by atoms with Gasteiger partial charge >= 0.3 is 5.97 Å². The molecule has 0 saturated carbocycles. The average Bonchev–Trinajstić information content (AvgIpc) is 2.78. The molecule has 0 saturated heterocycles. The molecule has 0 spiro atoms. The van der Waals surface area contributed by atoms with Gasteiger partial charge in [0.25, 0.3) is 0 Å². The standard InChI is InChI=1S/C27H44O6Si/c1-17(2)34(18(3)4,19(5)6)31-16-24-23(28)15-20(7)25(33-24)26(27(29)30-9)32-21(8)22-13-11-10-12-14-22/h10-15,17-19,21,23-26,28H,16H2,1-9H3/t21-,23-,24+,25+,26-/m0/s1. The van der Waals surface area contributed by atoms with E-state index in [-0.39, 0.29) is 12.7 Å². The Hall–Kier alpha value is -1.51. The molecule has 0 bridgehead atoms. The summed E-state index contributed by atoms with van der Waals surface area (Å²) >= 11 is 0. The van der Waals surface area contributed by atoms with Gasteiger partial charge in [0.1, 0.15) is 18.3 Å². The molecule has 1 aromatic carbocycles. The molecule has 1 aliphatic heterocycles. The first kappa shape index (κ1) is 28.7. The van der Waals surface area contributed by atoms with Gasteiger partial charge < -0.3 is 23.7 Å². The van der Waals surface area contributed by atoms with Gasteiger partial charge in [-0.3, -0.25) is 0 Å². The molecule has 1 heterocycles. The number of aliphatic hydroxyl groups is 1. The molecule has 0 unspecified atom stereocenters. The van der Waals surface area contributed by atoms with Crippen molar-refractivity contribution in [1.29, 1.82) is 0 Å². The van der Waals surface area contributed by atoms with Gasteiger partial charge in [0, 0.05) is 0 Å². The third kappa shape index (κ3) is 6.37. The molecule has 5 atom stereocenters. The summed E-state index contributed by atoms with van der Waals surface area (Å²) < 4.78 is 24.3. The normalized spacial score (nSPS) is 23.2. The van der Waals surface area contributed by atoms with Crippen molar-refractivity contribution in [2.45, 2.75) is 103 Å². The molecule has 1 N–H and O–H groups in total. The van der Waals surface area contributed by atoms with Crippen LogP contribution in [-0.4, -0.2) is 57.5 Å². The third-order valence-electron chi connectivity index (χ3n) is 7.12. The summed E-state index contributed by atoms with van der Waals surface area (Å²) in [7, 11) is -0.797. The lowest BCUT2D eigenvalue weighted by Crippen LogP contribution is -2.53. The lowest BCUT2D eigenvalue weighted by Gasteiger charge is -2.44. The summed E-state index contributed by atoms with van der Waals surface area (Å²) in [5, 5.41) is 10.8. The fourth-order valence-corrected chi connectivity index (χ4v) is 10.9. The zero-order chi connectivity index (χ0) is 25.6. The van der Waals surface area contributed by atoms with E-state index in [0.29, 0.717) is 16.6 Å². The first-order chi connectivity index (χ1) is 15.9. The maximum absolute atomic E-state index is 12.8. The maximum atomic E-state index is 12.8. The predicted molar refractivity (Wildman–Crippen MR) is 137 cm³/mol. The number of methoxy groups -OCH3 is 1. The minimum Gasteiger partial charge on any atom is -0.467 e. The SMILES string of the molecule is COC(=O)[C@@H](O[C@@H](C)c1ccccc1)[C@@H]1O[C@H](CO[Si](C(C)C)(C(C)C)C(C)C)[C@@H](O)C=C1C. The molecule has 0 aromatic heterocycles. The Morgan fingerprint density at radius 2 is 1.59 bits per heavy atom. The van der Waals surface area contributed by atoms with Crippen LogP contribution in [0.15, 0.2) is 42.0 Å². The number of ether oxygens (including phenoxy) is 3. The molecule has 6 nitrogen and oxygen atoms in total. The second-order valence-electron chi connectivity index (χ2n) is 10.3. The average molecular weight is 493 g/mol. The highest BCUT2D eigenvalue weighted by Gasteiger charge is 2.47. The molecular formula is C27H44O6Si. The van der Waals surface area contributed by atoms with E-state index in [1.165, 1.54) is 7.11 Å². The first-order valence-corrected chi connectivity index (χ1v) is 14.5. The fraction of sp³-hybridized carbons (Fsp3) is 0.667. The summed E-state index contributed by atoms with van der Waals surface area (Å²) in [6.45, 7) is 17.4. The summed E-state index contributed by atoms with van der Waals surface area (Å²) in [5.41, 5.74) is 2.94. The molecule has 0 aliphatic carbocycles. The Bertz CT molecular complexity index is 785. The second-order valence-corrected chi connectivity index (χ2v) is 15.7. The number of carbonyl (C=O) groups is 1. The van der Waals surface area contributed by atoms with E-state index >= 15 is 0 Å². The van der Waals surface area contributed by atoms with Crippen molar-refractivity contribution in [2.75, 3.05) is 13.7 Å². The van der Waals surface area contributed by atoms with Crippen LogP contribution in [0.2, 0.25) is 16.6 Å². The minimum absolute atomic E-state index is 0.268. The number of hydrogen-bond donors (Lipinski definition) is 1. The predicted octanol–water partition coefficient (Wildman–Crippen LogP) is 5.57. The molecular weight excluding hydrogens is 448 g/mol. The van der Waals surface area contributed by atoms with E-state index in [1.807, 2.05) is 44.2 Å². The summed E-state index contributed by atoms with van der Waals surface area (Å²) in [4.78, 5) is 12.8. The van der Waals surface area contributed by atoms with Gasteiger partial charge in [0.05, 0.1) is 19.8 Å². The highest BCUT2D eigenvalue weighted by molar-refractivity contribution is 6.77. The third-order valence-corrected chi connectivity index (χ3v) is 13.2. The van der Waals surface area contributed by atoms with Crippen LogP contribution in [-0.2, 0) is 23.4 Å². The number of esters is 1. The Kier molecular flexibility index (Phi) is 10.5. The van der Waals surface area contributed by atoms with Gasteiger partial charge in [0.15, 0.2) is 14.4 Å². The number of carbonyl (C=O) groups excluding carboxylic acids is 1. The van der Waals surface area contributed by atoms with E-state index < -0.39 is 38.7 Å². The zero-order valence-corrected chi connectivity index (χ0v) is 23.3. The van der Waals surface area contributed by atoms with Crippen molar-refractivity contribution in [2.24, 2.45) is 0 Å². The molecule has 0 amide bonds. The van der Waals surface area contributed by atoms with Crippen LogP contribution >= 0.6 is 0 Å².